The summed E-state index contributed by atoms with van der Waals surface area (Å²) in [7, 11) is -3.71. The number of hydrogen-bond acceptors (Lipinski definition) is 4. The number of aromatic amines is 1. The molecule has 190 valence electrons. The Hall–Kier alpha value is -2.35. The number of nitrogens with zero attached hydrogens (tertiary/aromatic N) is 3. The number of sulfonamides is 1. The van der Waals surface area contributed by atoms with Crippen molar-refractivity contribution in [3.63, 3.8) is 0 Å². The summed E-state index contributed by atoms with van der Waals surface area (Å²) < 4.78 is 29.8. The van der Waals surface area contributed by atoms with Crippen LogP contribution in [0.5, 0.6) is 0 Å². The number of nitrogens with one attached hydrogen (secondary N) is 1. The molecule has 1 aliphatic heterocycles. The highest BCUT2D eigenvalue weighted by molar-refractivity contribution is 7.89. The Morgan fingerprint density at radius 3 is 2.42 bits per heavy atom. The van der Waals surface area contributed by atoms with Gasteiger partial charge in [-0.2, -0.15) is 4.31 Å². The van der Waals surface area contributed by atoms with Gasteiger partial charge < -0.3 is 9.88 Å². The van der Waals surface area contributed by atoms with Crippen LogP contribution in [0.25, 0.3) is 0 Å². The van der Waals surface area contributed by atoms with Gasteiger partial charge in [-0.15, -0.1) is 0 Å². The maximum Gasteiger partial charge on any atom is 0.243 e. The van der Waals surface area contributed by atoms with Crippen LogP contribution in [-0.4, -0.2) is 35.3 Å². The van der Waals surface area contributed by atoms with Crippen LogP contribution in [0.3, 0.4) is 0 Å². The van der Waals surface area contributed by atoms with Crippen molar-refractivity contribution in [1.29, 1.82) is 0 Å². The number of rotatable bonds is 5. The van der Waals surface area contributed by atoms with Gasteiger partial charge in [-0.3, -0.25) is 0 Å². The summed E-state index contributed by atoms with van der Waals surface area (Å²) in [6.07, 6.45) is 7.07. The molecule has 0 spiro atoms. The average Bonchev–Trinajstić information content (AvgIpc) is 3.22. The number of halogens is 1. The second kappa shape index (κ2) is 8.33. The lowest BCUT2D eigenvalue weighted by molar-refractivity contribution is -0.128. The summed E-state index contributed by atoms with van der Waals surface area (Å²) in [5.74, 6) is 0.793. The molecule has 2 heterocycles. The summed E-state index contributed by atoms with van der Waals surface area (Å²) in [5.41, 5.74) is 4.25. The normalized spacial score (nSPS) is 26.1. The van der Waals surface area contributed by atoms with Crippen molar-refractivity contribution in [3.8, 4) is 0 Å². The summed E-state index contributed by atoms with van der Waals surface area (Å²) in [4.78, 5) is 10.2. The molecule has 3 saturated carbocycles. The van der Waals surface area contributed by atoms with Crippen molar-refractivity contribution < 1.29 is 8.42 Å². The van der Waals surface area contributed by atoms with Crippen LogP contribution in [0.4, 0.5) is 5.69 Å². The standard InChI is InChI=1S/C28H33ClN4O2S/c1-27(2,3)21-4-7-24(8-5-21)36(34,35)32-15-20-10-22(29)6-9-25(20)33(16-23-14-30-18-31-23)26(17-32)28-11-19(12-28)13-28/h4-10,14,18-19,26H,11-13,15-17H2,1-3H3,(H,30,31)/t19?,26-,28?/m0/s1. The molecule has 0 unspecified atom stereocenters. The minimum absolute atomic E-state index is 0.0387. The highest BCUT2D eigenvalue weighted by Gasteiger charge is 2.62. The Morgan fingerprint density at radius 2 is 1.83 bits per heavy atom. The van der Waals surface area contributed by atoms with E-state index in [-0.39, 0.29) is 16.9 Å². The summed E-state index contributed by atoms with van der Waals surface area (Å²) in [6.45, 7) is 7.81. The minimum Gasteiger partial charge on any atom is -0.361 e. The summed E-state index contributed by atoms with van der Waals surface area (Å²) in [6, 6.07) is 13.4. The molecule has 36 heavy (non-hydrogen) atoms. The number of fused-ring (bicyclic) bond motifs is 1. The number of benzene rings is 2. The van der Waals surface area contributed by atoms with Gasteiger partial charge in [0.2, 0.25) is 10.0 Å². The minimum atomic E-state index is -3.71. The molecule has 3 fully saturated rings. The van der Waals surface area contributed by atoms with Gasteiger partial charge in [-0.05, 0) is 77.5 Å². The second-order valence-electron chi connectivity index (χ2n) is 11.9. The van der Waals surface area contributed by atoms with Crippen molar-refractivity contribution in [2.45, 2.75) is 69.5 Å². The number of imidazole rings is 1. The van der Waals surface area contributed by atoms with E-state index in [4.69, 9.17) is 11.6 Å². The first-order valence-corrected chi connectivity index (χ1v) is 14.5. The fourth-order valence-corrected chi connectivity index (χ4v) is 7.98. The van der Waals surface area contributed by atoms with Crippen molar-refractivity contribution >= 4 is 27.3 Å². The molecule has 1 aromatic heterocycles. The van der Waals surface area contributed by atoms with E-state index in [1.54, 1.807) is 22.8 Å². The van der Waals surface area contributed by atoms with Crippen LogP contribution >= 0.6 is 11.6 Å². The van der Waals surface area contributed by atoms with Gasteiger partial charge in [0, 0.05) is 36.0 Å². The zero-order valence-corrected chi connectivity index (χ0v) is 22.6. The molecule has 0 amide bonds. The van der Waals surface area contributed by atoms with Gasteiger partial charge in [-0.25, -0.2) is 13.4 Å². The second-order valence-corrected chi connectivity index (χ2v) is 14.3. The van der Waals surface area contributed by atoms with Crippen molar-refractivity contribution in [2.24, 2.45) is 11.3 Å². The lowest BCUT2D eigenvalue weighted by Gasteiger charge is -2.67. The lowest BCUT2D eigenvalue weighted by Crippen LogP contribution is -2.66. The van der Waals surface area contributed by atoms with Crippen LogP contribution in [0.2, 0.25) is 5.02 Å². The van der Waals surface area contributed by atoms with Crippen LogP contribution in [0.1, 0.15) is 56.9 Å². The van der Waals surface area contributed by atoms with Crippen LogP contribution < -0.4 is 4.90 Å². The third kappa shape index (κ3) is 3.96. The van der Waals surface area contributed by atoms with E-state index in [1.165, 1.54) is 19.3 Å². The molecule has 2 aromatic carbocycles. The first kappa shape index (κ1) is 24.0. The van der Waals surface area contributed by atoms with Crippen LogP contribution in [-0.2, 0) is 28.5 Å². The quantitative estimate of drug-likeness (QED) is 0.462. The molecule has 1 atom stereocenters. The molecule has 7 rings (SSSR count). The molecule has 8 heteroatoms. The Bertz CT molecular complexity index is 1360. The lowest BCUT2D eigenvalue weighted by atomic mass is 9.41. The summed E-state index contributed by atoms with van der Waals surface area (Å²) >= 11 is 6.43. The zero-order chi connectivity index (χ0) is 25.3. The molecular formula is C28H33ClN4O2S. The maximum absolute atomic E-state index is 14.1. The van der Waals surface area contributed by atoms with Gasteiger partial charge in [-0.1, -0.05) is 44.5 Å². The zero-order valence-electron chi connectivity index (χ0n) is 21.0. The maximum atomic E-state index is 14.1. The number of anilines is 1. The molecule has 6 nitrogen and oxygen atoms in total. The molecule has 0 saturated heterocycles. The first-order valence-electron chi connectivity index (χ1n) is 12.7. The van der Waals surface area contributed by atoms with E-state index in [2.05, 4.69) is 41.7 Å². The molecular weight excluding hydrogens is 492 g/mol. The topological polar surface area (TPSA) is 69.3 Å². The Labute approximate surface area is 218 Å². The predicted octanol–water partition coefficient (Wildman–Crippen LogP) is 5.74. The number of H-pyrrole nitrogens is 1. The molecule has 4 aliphatic rings. The van der Waals surface area contributed by atoms with Crippen molar-refractivity contribution in [1.82, 2.24) is 14.3 Å². The molecule has 3 aromatic rings. The molecule has 0 radical (unpaired) electrons. The van der Waals surface area contributed by atoms with E-state index < -0.39 is 10.0 Å². The number of aromatic nitrogens is 2. The van der Waals surface area contributed by atoms with E-state index in [1.807, 2.05) is 30.5 Å². The summed E-state index contributed by atoms with van der Waals surface area (Å²) in [5, 5.41) is 0.617. The third-order valence-electron chi connectivity index (χ3n) is 8.50. The van der Waals surface area contributed by atoms with Crippen molar-refractivity contribution in [2.75, 3.05) is 11.4 Å². The highest BCUT2D eigenvalue weighted by Crippen LogP contribution is 2.67. The van der Waals surface area contributed by atoms with Gasteiger partial charge in [0.25, 0.3) is 0 Å². The van der Waals surface area contributed by atoms with Crippen LogP contribution in [0.15, 0.2) is 59.9 Å². The Balaban J connectivity index is 1.42. The molecule has 3 aliphatic carbocycles. The monoisotopic (exact) mass is 524 g/mol. The SMILES string of the molecule is CC(C)(C)c1ccc(S(=O)(=O)N2Cc3cc(Cl)ccc3N(Cc3cnc[nH]3)[C@H](C34CC(C3)C4)C2)cc1. The highest BCUT2D eigenvalue weighted by atomic mass is 35.5. The van der Waals surface area contributed by atoms with Gasteiger partial charge >= 0.3 is 0 Å². The molecule has 2 bridgehead atoms. The predicted molar refractivity (Wildman–Crippen MR) is 143 cm³/mol. The first-order chi connectivity index (χ1) is 17.0. The Morgan fingerprint density at radius 1 is 1.11 bits per heavy atom. The van der Waals surface area contributed by atoms with E-state index >= 15 is 0 Å². The third-order valence-corrected chi connectivity index (χ3v) is 10.6. The fourth-order valence-electron chi connectivity index (χ4n) is 6.36. The average molecular weight is 525 g/mol. The van der Waals surface area contributed by atoms with Crippen molar-refractivity contribution in [3.05, 3.63) is 76.8 Å². The van der Waals surface area contributed by atoms with E-state index in [9.17, 15) is 8.42 Å². The fraction of sp³-hybridized carbons (Fsp3) is 0.464. The van der Waals surface area contributed by atoms with E-state index in [0.717, 1.165) is 28.4 Å². The largest absolute Gasteiger partial charge is 0.361 e. The Kier molecular flexibility index (Phi) is 5.56. The molecule has 1 N–H and O–H groups in total. The van der Waals surface area contributed by atoms with Gasteiger partial charge in [0.1, 0.15) is 0 Å². The number of hydrogen-bond donors (Lipinski definition) is 1. The van der Waals surface area contributed by atoms with Gasteiger partial charge in [0.05, 0.1) is 23.5 Å². The van der Waals surface area contributed by atoms with E-state index in [0.29, 0.717) is 29.6 Å². The van der Waals surface area contributed by atoms with Gasteiger partial charge in [0.15, 0.2) is 0 Å². The van der Waals surface area contributed by atoms with Crippen LogP contribution in [0, 0.1) is 11.3 Å². The smallest absolute Gasteiger partial charge is 0.243 e.